The summed E-state index contributed by atoms with van der Waals surface area (Å²) in [6.07, 6.45) is 2.85. The molecular formula is C19H22N2O4. The first kappa shape index (κ1) is 17.4. The van der Waals surface area contributed by atoms with Crippen LogP contribution >= 0.6 is 0 Å². The molecule has 1 aliphatic heterocycles. The summed E-state index contributed by atoms with van der Waals surface area (Å²) in [5.41, 5.74) is 1.93. The zero-order chi connectivity index (χ0) is 17.6. The highest BCUT2D eigenvalue weighted by atomic mass is 16.6. The van der Waals surface area contributed by atoms with Crippen molar-refractivity contribution in [3.8, 4) is 5.75 Å². The van der Waals surface area contributed by atoms with Gasteiger partial charge in [-0.05, 0) is 41.8 Å². The molecule has 0 spiro atoms. The van der Waals surface area contributed by atoms with E-state index < -0.39 is 12.2 Å². The molecule has 6 heteroatoms. The summed E-state index contributed by atoms with van der Waals surface area (Å²) in [7, 11) is 1.63. The molecule has 2 heterocycles. The fraction of sp³-hybridized carbons (Fsp3) is 0.368. The number of carbonyl (C=O) groups excluding carboxylic acids is 1. The number of β-amino-alcohol motifs (C(OH)–C–C–N with tert-alkyl or cyclic N) is 1. The molecule has 0 aliphatic carbocycles. The van der Waals surface area contributed by atoms with Crippen molar-refractivity contribution in [3.05, 3.63) is 59.9 Å². The lowest BCUT2D eigenvalue weighted by molar-refractivity contribution is -0.153. The summed E-state index contributed by atoms with van der Waals surface area (Å²) in [5, 5.41) is 13.4. The average molecular weight is 342 g/mol. The van der Waals surface area contributed by atoms with Crippen LogP contribution in [-0.2, 0) is 22.4 Å². The lowest BCUT2D eigenvalue weighted by atomic mass is 10.0. The highest BCUT2D eigenvalue weighted by molar-refractivity contribution is 5.72. The summed E-state index contributed by atoms with van der Waals surface area (Å²) in [4.78, 5) is 16.1. The van der Waals surface area contributed by atoms with Crippen LogP contribution in [0.15, 0.2) is 48.8 Å². The van der Waals surface area contributed by atoms with Crippen LogP contribution in [0.1, 0.15) is 11.1 Å². The predicted octanol–water partition coefficient (Wildman–Crippen LogP) is 1.12. The van der Waals surface area contributed by atoms with E-state index in [1.165, 1.54) is 0 Å². The third-order valence-corrected chi connectivity index (χ3v) is 4.35. The molecule has 132 valence electrons. The topological polar surface area (TPSA) is 80.7 Å². The Kier molecular flexibility index (Phi) is 5.63. The number of aliphatic hydroxyl groups is 1. The van der Waals surface area contributed by atoms with E-state index in [-0.39, 0.29) is 18.4 Å². The van der Waals surface area contributed by atoms with Gasteiger partial charge in [0.2, 0.25) is 0 Å². The van der Waals surface area contributed by atoms with Crippen LogP contribution in [0.2, 0.25) is 0 Å². The van der Waals surface area contributed by atoms with Crippen molar-refractivity contribution in [1.82, 2.24) is 10.3 Å². The van der Waals surface area contributed by atoms with Crippen molar-refractivity contribution >= 4 is 5.97 Å². The maximum atomic E-state index is 12.2. The molecule has 0 saturated carbocycles. The standard InChI is InChI=1S/C19H22N2O4/c1-24-15-4-2-13(3-5-15)10-16-19(17(22)12-21-16)25-18(23)11-14-6-8-20-9-7-14/h2-9,16-17,19,21-22H,10-12H2,1H3/t16-,17+,19+/m1/s1. The Morgan fingerprint density at radius 1 is 1.20 bits per heavy atom. The average Bonchev–Trinajstić information content (AvgIpc) is 2.96. The van der Waals surface area contributed by atoms with E-state index in [0.29, 0.717) is 13.0 Å². The number of aromatic nitrogens is 1. The number of benzene rings is 1. The molecule has 2 N–H and O–H groups in total. The second-order valence-corrected chi connectivity index (χ2v) is 6.12. The lowest BCUT2D eigenvalue weighted by Crippen LogP contribution is -2.39. The largest absolute Gasteiger partial charge is 0.497 e. The van der Waals surface area contributed by atoms with Crippen LogP contribution in [0.3, 0.4) is 0 Å². The normalized spacial score (nSPS) is 22.6. The molecule has 1 aliphatic rings. The number of nitrogens with zero attached hydrogens (tertiary/aromatic N) is 1. The second-order valence-electron chi connectivity index (χ2n) is 6.12. The van der Waals surface area contributed by atoms with Gasteiger partial charge in [0.05, 0.1) is 19.6 Å². The number of hydrogen-bond acceptors (Lipinski definition) is 6. The number of aliphatic hydroxyl groups excluding tert-OH is 1. The van der Waals surface area contributed by atoms with Crippen molar-refractivity contribution in [2.45, 2.75) is 31.1 Å². The van der Waals surface area contributed by atoms with E-state index in [1.807, 2.05) is 24.3 Å². The third-order valence-electron chi connectivity index (χ3n) is 4.35. The summed E-state index contributed by atoms with van der Waals surface area (Å²) in [5.74, 6) is 0.446. The molecule has 2 aromatic rings. The number of carbonyl (C=O) groups is 1. The summed E-state index contributed by atoms with van der Waals surface area (Å²) in [6.45, 7) is 0.411. The van der Waals surface area contributed by atoms with Crippen LogP contribution in [-0.4, -0.2) is 48.0 Å². The third kappa shape index (κ3) is 4.55. The minimum Gasteiger partial charge on any atom is -0.497 e. The summed E-state index contributed by atoms with van der Waals surface area (Å²) >= 11 is 0. The number of nitrogens with one attached hydrogen (secondary N) is 1. The van der Waals surface area contributed by atoms with Crippen molar-refractivity contribution in [2.24, 2.45) is 0 Å². The van der Waals surface area contributed by atoms with Gasteiger partial charge in [0.15, 0.2) is 0 Å². The van der Waals surface area contributed by atoms with Gasteiger partial charge in [0.25, 0.3) is 0 Å². The van der Waals surface area contributed by atoms with Crippen LogP contribution in [0.5, 0.6) is 5.75 Å². The summed E-state index contributed by atoms with van der Waals surface area (Å²) < 4.78 is 10.7. The van der Waals surface area contributed by atoms with Gasteiger partial charge in [-0.1, -0.05) is 12.1 Å². The Morgan fingerprint density at radius 3 is 2.60 bits per heavy atom. The maximum absolute atomic E-state index is 12.2. The zero-order valence-electron chi connectivity index (χ0n) is 14.1. The monoisotopic (exact) mass is 342 g/mol. The highest BCUT2D eigenvalue weighted by Crippen LogP contribution is 2.19. The molecule has 3 rings (SSSR count). The molecule has 1 saturated heterocycles. The van der Waals surface area contributed by atoms with E-state index in [1.54, 1.807) is 31.6 Å². The quantitative estimate of drug-likeness (QED) is 0.766. The van der Waals surface area contributed by atoms with E-state index >= 15 is 0 Å². The summed E-state index contributed by atoms with van der Waals surface area (Å²) in [6, 6.07) is 11.2. The van der Waals surface area contributed by atoms with Gasteiger partial charge in [0.1, 0.15) is 18.0 Å². The fourth-order valence-corrected chi connectivity index (χ4v) is 3.00. The van der Waals surface area contributed by atoms with E-state index in [4.69, 9.17) is 9.47 Å². The van der Waals surface area contributed by atoms with Gasteiger partial charge in [-0.15, -0.1) is 0 Å². The molecule has 6 nitrogen and oxygen atoms in total. The Bertz CT molecular complexity index is 690. The Balaban J connectivity index is 1.60. The molecule has 0 bridgehead atoms. The molecular weight excluding hydrogens is 320 g/mol. The highest BCUT2D eigenvalue weighted by Gasteiger charge is 2.37. The van der Waals surface area contributed by atoms with E-state index in [2.05, 4.69) is 10.3 Å². The lowest BCUT2D eigenvalue weighted by Gasteiger charge is -2.22. The molecule has 25 heavy (non-hydrogen) atoms. The Hall–Kier alpha value is -2.44. The minimum absolute atomic E-state index is 0.121. The Labute approximate surface area is 146 Å². The molecule has 0 unspecified atom stereocenters. The number of methoxy groups -OCH3 is 1. The number of hydrogen-bond donors (Lipinski definition) is 2. The minimum atomic E-state index is -0.704. The van der Waals surface area contributed by atoms with Crippen LogP contribution in [0.25, 0.3) is 0 Å². The molecule has 0 radical (unpaired) electrons. The van der Waals surface area contributed by atoms with Crippen molar-refractivity contribution < 1.29 is 19.4 Å². The van der Waals surface area contributed by atoms with Gasteiger partial charge in [-0.25, -0.2) is 0 Å². The molecule has 1 fully saturated rings. The first-order chi connectivity index (χ1) is 12.2. The molecule has 0 amide bonds. The number of rotatable bonds is 6. The van der Waals surface area contributed by atoms with Gasteiger partial charge in [-0.2, -0.15) is 0 Å². The predicted molar refractivity (Wildman–Crippen MR) is 92.3 cm³/mol. The van der Waals surface area contributed by atoms with Crippen molar-refractivity contribution in [1.29, 1.82) is 0 Å². The maximum Gasteiger partial charge on any atom is 0.310 e. The van der Waals surface area contributed by atoms with Crippen LogP contribution in [0.4, 0.5) is 0 Å². The zero-order valence-corrected chi connectivity index (χ0v) is 14.1. The number of pyridine rings is 1. The number of ether oxygens (including phenoxy) is 2. The van der Waals surface area contributed by atoms with Crippen molar-refractivity contribution in [3.63, 3.8) is 0 Å². The first-order valence-electron chi connectivity index (χ1n) is 8.28. The van der Waals surface area contributed by atoms with Gasteiger partial charge >= 0.3 is 5.97 Å². The second kappa shape index (κ2) is 8.09. The SMILES string of the molecule is COc1ccc(C[C@H]2NC[C@H](O)[C@H]2OC(=O)Cc2ccncc2)cc1. The van der Waals surface area contributed by atoms with Crippen LogP contribution < -0.4 is 10.1 Å². The smallest absolute Gasteiger partial charge is 0.310 e. The first-order valence-corrected chi connectivity index (χ1v) is 8.28. The molecule has 3 atom stereocenters. The number of esters is 1. The molecule has 1 aromatic carbocycles. The van der Waals surface area contributed by atoms with E-state index in [0.717, 1.165) is 16.9 Å². The van der Waals surface area contributed by atoms with Gasteiger partial charge in [-0.3, -0.25) is 9.78 Å². The fourth-order valence-electron chi connectivity index (χ4n) is 3.00. The van der Waals surface area contributed by atoms with Gasteiger partial charge < -0.3 is 19.9 Å². The van der Waals surface area contributed by atoms with Crippen LogP contribution in [0, 0.1) is 0 Å². The van der Waals surface area contributed by atoms with Crippen molar-refractivity contribution in [2.75, 3.05) is 13.7 Å². The molecule has 1 aromatic heterocycles. The van der Waals surface area contributed by atoms with E-state index in [9.17, 15) is 9.90 Å². The Morgan fingerprint density at radius 2 is 1.92 bits per heavy atom. The van der Waals surface area contributed by atoms with Gasteiger partial charge in [0, 0.05) is 18.9 Å².